The van der Waals surface area contributed by atoms with E-state index in [1.54, 1.807) is 24.5 Å². The topological polar surface area (TPSA) is 96.0 Å². The molecule has 8 nitrogen and oxygen atoms in total. The van der Waals surface area contributed by atoms with Crippen LogP contribution >= 0.6 is 0 Å². The number of nitrogens with zero attached hydrogens (tertiary/aromatic N) is 6. The number of fused-ring (bicyclic) bond motifs is 1. The van der Waals surface area contributed by atoms with Crippen molar-refractivity contribution in [2.45, 2.75) is 32.0 Å². The third kappa shape index (κ3) is 4.25. The molecule has 1 aliphatic rings. The van der Waals surface area contributed by atoms with Gasteiger partial charge in [-0.1, -0.05) is 30.7 Å². The van der Waals surface area contributed by atoms with Crippen LogP contribution in [0.1, 0.15) is 41.2 Å². The van der Waals surface area contributed by atoms with E-state index < -0.39 is 5.91 Å². The van der Waals surface area contributed by atoms with Crippen molar-refractivity contribution in [3.63, 3.8) is 0 Å². The highest BCUT2D eigenvalue weighted by atomic mass is 16.3. The fraction of sp³-hybridized carbons (Fsp3) is 0.240. The number of carbonyl (C=O) groups is 1. The van der Waals surface area contributed by atoms with E-state index in [1.165, 1.54) is 11.8 Å². The maximum atomic E-state index is 12.4. The second kappa shape index (κ2) is 9.30. The summed E-state index contributed by atoms with van der Waals surface area (Å²) in [6.07, 6.45) is 10.0. The van der Waals surface area contributed by atoms with Crippen molar-refractivity contribution in [2.24, 2.45) is 10.2 Å². The number of aromatic hydroxyl groups is 1. The van der Waals surface area contributed by atoms with E-state index in [9.17, 15) is 9.90 Å². The molecule has 3 aromatic heterocycles. The van der Waals surface area contributed by atoms with Gasteiger partial charge in [0.15, 0.2) is 5.69 Å². The van der Waals surface area contributed by atoms with Crippen molar-refractivity contribution in [1.82, 2.24) is 19.4 Å². The quantitative estimate of drug-likeness (QED) is 0.428. The average Bonchev–Trinajstić information content (AvgIpc) is 3.14. The van der Waals surface area contributed by atoms with Gasteiger partial charge in [0.05, 0.1) is 17.7 Å². The van der Waals surface area contributed by atoms with Crippen LogP contribution in [0.5, 0.6) is 5.88 Å². The summed E-state index contributed by atoms with van der Waals surface area (Å²) in [6.45, 7) is 1.42. The molecule has 0 unspecified atom stereocenters. The fourth-order valence-corrected chi connectivity index (χ4v) is 4.45. The molecule has 33 heavy (non-hydrogen) atoms. The Morgan fingerprint density at radius 1 is 1.03 bits per heavy atom. The Labute approximate surface area is 191 Å². The summed E-state index contributed by atoms with van der Waals surface area (Å²) >= 11 is 0. The predicted octanol–water partition coefficient (Wildman–Crippen LogP) is 5.25. The van der Waals surface area contributed by atoms with Gasteiger partial charge in [-0.3, -0.25) is 24.2 Å². The zero-order valence-corrected chi connectivity index (χ0v) is 18.1. The first kappa shape index (κ1) is 21.0. The SMILES string of the molecule is O=C(N=Nc1c(O)n(CN2CCCC[C@@H]2c2cccnc2)c2ccccc12)c1cccnc1. The van der Waals surface area contributed by atoms with Crippen LogP contribution in [-0.2, 0) is 6.67 Å². The second-order valence-corrected chi connectivity index (χ2v) is 8.12. The van der Waals surface area contributed by atoms with Crippen LogP contribution in [0.3, 0.4) is 0 Å². The maximum absolute atomic E-state index is 12.4. The number of rotatable bonds is 5. The van der Waals surface area contributed by atoms with Crippen molar-refractivity contribution < 1.29 is 9.90 Å². The molecule has 1 fully saturated rings. The standard InChI is InChI=1S/C25H24N6O2/c32-24(19-8-6-13-27-16-19)29-28-23-20-9-1-2-11-22(20)31(25(23)33)17-30-14-4-3-10-21(30)18-7-5-12-26-15-18/h1-2,5-9,11-13,15-16,21,33H,3-4,10,14,17H2/t21-/m1/s1. The molecule has 0 bridgehead atoms. The minimum atomic E-state index is -0.507. The minimum absolute atomic E-state index is 0.00514. The summed E-state index contributed by atoms with van der Waals surface area (Å²) in [7, 11) is 0. The Bertz CT molecular complexity index is 1290. The van der Waals surface area contributed by atoms with E-state index in [-0.39, 0.29) is 17.6 Å². The van der Waals surface area contributed by atoms with Gasteiger partial charge in [-0.2, -0.15) is 0 Å². The molecule has 1 saturated heterocycles. The van der Waals surface area contributed by atoms with Gasteiger partial charge >= 0.3 is 0 Å². The molecule has 166 valence electrons. The highest BCUT2D eigenvalue weighted by Crippen LogP contribution is 2.40. The molecule has 1 aromatic carbocycles. The highest BCUT2D eigenvalue weighted by molar-refractivity contribution is 5.97. The number of hydrogen-bond acceptors (Lipinski definition) is 6. The molecule has 1 N–H and O–H groups in total. The molecular formula is C25H24N6O2. The summed E-state index contributed by atoms with van der Waals surface area (Å²) in [6, 6.07) is 15.2. The number of amides is 1. The molecule has 0 spiro atoms. The Balaban J connectivity index is 1.48. The maximum Gasteiger partial charge on any atom is 0.296 e. The lowest BCUT2D eigenvalue weighted by atomic mass is 9.97. The third-order valence-electron chi connectivity index (χ3n) is 6.07. The molecule has 4 aromatic rings. The lowest BCUT2D eigenvalue weighted by Crippen LogP contribution is -2.34. The Morgan fingerprint density at radius 3 is 2.64 bits per heavy atom. The number of carbonyl (C=O) groups excluding carboxylic acids is 1. The average molecular weight is 441 g/mol. The van der Waals surface area contributed by atoms with Gasteiger partial charge < -0.3 is 5.11 Å². The highest BCUT2D eigenvalue weighted by Gasteiger charge is 2.26. The Morgan fingerprint density at radius 2 is 1.85 bits per heavy atom. The zero-order chi connectivity index (χ0) is 22.6. The number of hydrogen-bond donors (Lipinski definition) is 1. The first-order valence-electron chi connectivity index (χ1n) is 11.0. The van der Waals surface area contributed by atoms with Crippen molar-refractivity contribution in [1.29, 1.82) is 0 Å². The first-order chi connectivity index (χ1) is 16.2. The van der Waals surface area contributed by atoms with Crippen molar-refractivity contribution in [3.8, 4) is 5.88 Å². The van der Waals surface area contributed by atoms with Gasteiger partial charge in [-0.05, 0) is 42.7 Å². The number of pyridine rings is 2. The summed E-state index contributed by atoms with van der Waals surface area (Å²) in [5, 5.41) is 19.9. The number of aromatic nitrogens is 3. The van der Waals surface area contributed by atoms with E-state index >= 15 is 0 Å². The van der Waals surface area contributed by atoms with Crippen LogP contribution in [0.4, 0.5) is 5.69 Å². The summed E-state index contributed by atoms with van der Waals surface area (Å²) in [5.74, 6) is -0.513. The van der Waals surface area contributed by atoms with Crippen LogP contribution in [0, 0.1) is 0 Å². The van der Waals surface area contributed by atoms with Gasteiger partial charge in [0.1, 0.15) is 0 Å². The molecule has 4 heterocycles. The molecule has 1 amide bonds. The summed E-state index contributed by atoms with van der Waals surface area (Å²) < 4.78 is 1.84. The molecule has 0 radical (unpaired) electrons. The Hall–Kier alpha value is -3.91. The first-order valence-corrected chi connectivity index (χ1v) is 11.0. The van der Waals surface area contributed by atoms with E-state index in [0.717, 1.165) is 36.7 Å². The lowest BCUT2D eigenvalue weighted by molar-refractivity contribution is 0.0994. The van der Waals surface area contributed by atoms with Gasteiger partial charge in [0.25, 0.3) is 5.91 Å². The molecule has 5 rings (SSSR count). The molecule has 8 heteroatoms. The van der Waals surface area contributed by atoms with Crippen LogP contribution in [0.15, 0.2) is 83.5 Å². The normalized spacial score (nSPS) is 17.0. The minimum Gasteiger partial charge on any atom is -0.493 e. The van der Waals surface area contributed by atoms with E-state index in [1.807, 2.05) is 41.1 Å². The molecule has 0 saturated carbocycles. The number of azo groups is 1. The lowest BCUT2D eigenvalue weighted by Gasteiger charge is -2.36. The zero-order valence-electron chi connectivity index (χ0n) is 18.1. The van der Waals surface area contributed by atoms with Gasteiger partial charge in [0.2, 0.25) is 5.88 Å². The number of para-hydroxylation sites is 1. The molecule has 1 atom stereocenters. The smallest absolute Gasteiger partial charge is 0.296 e. The van der Waals surface area contributed by atoms with Crippen molar-refractivity contribution in [2.75, 3.05) is 6.54 Å². The monoisotopic (exact) mass is 440 g/mol. The van der Waals surface area contributed by atoms with Crippen LogP contribution in [-0.4, -0.2) is 37.0 Å². The molecule has 0 aliphatic carbocycles. The van der Waals surface area contributed by atoms with Crippen LogP contribution in [0.25, 0.3) is 10.9 Å². The molecular weight excluding hydrogens is 416 g/mol. The van der Waals surface area contributed by atoms with Gasteiger partial charge in [-0.15, -0.1) is 10.2 Å². The van der Waals surface area contributed by atoms with E-state index in [2.05, 4.69) is 31.2 Å². The van der Waals surface area contributed by atoms with E-state index in [0.29, 0.717) is 12.2 Å². The number of likely N-dealkylation sites (tertiary alicyclic amines) is 1. The van der Waals surface area contributed by atoms with E-state index in [4.69, 9.17) is 0 Å². The largest absolute Gasteiger partial charge is 0.493 e. The predicted molar refractivity (Wildman–Crippen MR) is 124 cm³/mol. The van der Waals surface area contributed by atoms with Gasteiger partial charge in [0, 0.05) is 42.8 Å². The van der Waals surface area contributed by atoms with Crippen LogP contribution in [0.2, 0.25) is 0 Å². The van der Waals surface area contributed by atoms with Crippen molar-refractivity contribution >= 4 is 22.5 Å². The fourth-order valence-electron chi connectivity index (χ4n) is 4.45. The van der Waals surface area contributed by atoms with Crippen molar-refractivity contribution in [3.05, 3.63) is 84.4 Å². The second-order valence-electron chi connectivity index (χ2n) is 8.12. The molecule has 1 aliphatic heterocycles. The van der Waals surface area contributed by atoms with Crippen LogP contribution < -0.4 is 0 Å². The van der Waals surface area contributed by atoms with Gasteiger partial charge in [-0.25, -0.2) is 0 Å². The number of piperidine rings is 1. The summed E-state index contributed by atoms with van der Waals surface area (Å²) in [5.41, 5.74) is 2.65. The number of benzene rings is 1. The summed E-state index contributed by atoms with van der Waals surface area (Å²) in [4.78, 5) is 23.0. The Kier molecular flexibility index (Phi) is 5.91. The third-order valence-corrected chi connectivity index (χ3v) is 6.07.